The molecule has 190 valence electrons. The number of fused-ring (bicyclic) bond motifs is 1. The minimum atomic E-state index is -4.78. The first-order valence-corrected chi connectivity index (χ1v) is 11.1. The number of primary amides is 1. The third kappa shape index (κ3) is 5.60. The Labute approximate surface area is 203 Å². The van der Waals surface area contributed by atoms with Gasteiger partial charge in [-0.05, 0) is 36.6 Å². The van der Waals surface area contributed by atoms with Gasteiger partial charge in [0.2, 0.25) is 0 Å². The number of aryl methyl sites for hydroxylation is 1. The predicted molar refractivity (Wildman–Crippen MR) is 125 cm³/mol. The quantitative estimate of drug-likeness (QED) is 0.473. The van der Waals surface area contributed by atoms with Crippen LogP contribution < -0.4 is 21.5 Å². The highest BCUT2D eigenvalue weighted by Gasteiger charge is 2.38. The van der Waals surface area contributed by atoms with Gasteiger partial charge in [-0.3, -0.25) is 9.36 Å². The Balaban J connectivity index is 1.42. The van der Waals surface area contributed by atoms with Gasteiger partial charge in [-0.1, -0.05) is 30.3 Å². The molecule has 1 aliphatic heterocycles. The number of nitrogens with two attached hydrogens (primary N) is 2. The number of carbonyl (C=O) groups excluding carboxylic acids is 3. The first kappa shape index (κ1) is 25.0. The Morgan fingerprint density at radius 2 is 1.78 bits per heavy atom. The van der Waals surface area contributed by atoms with Crippen LogP contribution in [0.4, 0.5) is 28.4 Å². The lowest BCUT2D eigenvalue weighted by atomic mass is 10.0. The number of urea groups is 1. The van der Waals surface area contributed by atoms with E-state index >= 15 is 0 Å². The molecule has 36 heavy (non-hydrogen) atoms. The fourth-order valence-electron chi connectivity index (χ4n) is 4.34. The molecule has 9 nitrogen and oxygen atoms in total. The highest BCUT2D eigenvalue weighted by atomic mass is 19.4. The summed E-state index contributed by atoms with van der Waals surface area (Å²) < 4.78 is 42.0. The fourth-order valence-corrected chi connectivity index (χ4v) is 4.34. The fraction of sp³-hybridized carbons (Fsp3) is 0.292. The average molecular weight is 503 g/mol. The maximum absolute atomic E-state index is 13.1. The van der Waals surface area contributed by atoms with E-state index in [1.807, 2.05) is 0 Å². The first-order chi connectivity index (χ1) is 17.0. The summed E-state index contributed by atoms with van der Waals surface area (Å²) in [5.41, 5.74) is 13.0. The van der Waals surface area contributed by atoms with Crippen LogP contribution in [0.25, 0.3) is 10.9 Å². The SMILES string of the molecule is NC(=O)n1cc(NC(=O)N2C[C@@H](N)C[C@H]2C(=O)CCc2ccc(OC(F)(F)F)cc2)c2ccccc21. The van der Waals surface area contributed by atoms with Gasteiger partial charge < -0.3 is 26.4 Å². The summed E-state index contributed by atoms with van der Waals surface area (Å²) in [6.07, 6.45) is -2.73. The number of ketones is 1. The molecule has 0 bridgehead atoms. The van der Waals surface area contributed by atoms with Crippen LogP contribution in [0, 0.1) is 0 Å². The Bertz CT molecular complexity index is 1290. The van der Waals surface area contributed by atoms with E-state index < -0.39 is 30.5 Å². The monoisotopic (exact) mass is 503 g/mol. The molecule has 4 rings (SSSR count). The minimum absolute atomic E-state index is 0.0711. The van der Waals surface area contributed by atoms with E-state index in [-0.39, 0.29) is 37.3 Å². The molecule has 0 spiro atoms. The molecule has 1 fully saturated rings. The number of para-hydroxylation sites is 1. The summed E-state index contributed by atoms with van der Waals surface area (Å²) in [5, 5.41) is 3.36. The summed E-state index contributed by atoms with van der Waals surface area (Å²) in [4.78, 5) is 39.2. The zero-order valence-corrected chi connectivity index (χ0v) is 19.0. The van der Waals surface area contributed by atoms with E-state index in [2.05, 4.69) is 10.1 Å². The zero-order valence-electron chi connectivity index (χ0n) is 19.0. The highest BCUT2D eigenvalue weighted by molar-refractivity contribution is 6.05. The van der Waals surface area contributed by atoms with Crippen molar-refractivity contribution in [3.05, 3.63) is 60.3 Å². The molecule has 3 aromatic rings. The maximum Gasteiger partial charge on any atom is 0.573 e. The van der Waals surface area contributed by atoms with Gasteiger partial charge in [-0.25, -0.2) is 9.59 Å². The van der Waals surface area contributed by atoms with E-state index in [9.17, 15) is 27.6 Å². The van der Waals surface area contributed by atoms with E-state index in [4.69, 9.17) is 11.5 Å². The lowest BCUT2D eigenvalue weighted by Gasteiger charge is -2.23. The number of rotatable bonds is 6. The van der Waals surface area contributed by atoms with Gasteiger partial charge in [-0.2, -0.15) is 0 Å². The normalized spacial score (nSPS) is 17.8. The number of nitrogens with zero attached hydrogens (tertiary/aromatic N) is 2. The number of hydrogen-bond acceptors (Lipinski definition) is 5. The van der Waals surface area contributed by atoms with Gasteiger partial charge in [0.05, 0.1) is 17.2 Å². The molecular formula is C24H24F3N5O4. The van der Waals surface area contributed by atoms with Gasteiger partial charge in [0.15, 0.2) is 5.78 Å². The molecule has 1 aromatic heterocycles. The second-order valence-corrected chi connectivity index (χ2v) is 8.52. The van der Waals surface area contributed by atoms with E-state index in [0.717, 1.165) is 0 Å². The standard InChI is InChI=1S/C24H24F3N5O4/c25-24(26,27)36-16-8-5-14(6-9-16)7-10-21(33)20-11-15(28)12-32(20)23(35)30-18-13-31(22(29)34)19-4-2-1-3-17(18)19/h1-6,8-9,13,15,20H,7,10-12,28H2,(H2,29,34)(H,30,35)/t15-,20-/m0/s1. The number of alkyl halides is 3. The van der Waals surface area contributed by atoms with Gasteiger partial charge in [0.25, 0.3) is 0 Å². The number of benzene rings is 2. The van der Waals surface area contributed by atoms with E-state index in [1.165, 1.54) is 39.9 Å². The second-order valence-electron chi connectivity index (χ2n) is 8.52. The number of carbonyl (C=O) groups is 3. The van der Waals surface area contributed by atoms with E-state index in [1.54, 1.807) is 24.3 Å². The zero-order chi connectivity index (χ0) is 26.0. The summed E-state index contributed by atoms with van der Waals surface area (Å²) in [5.74, 6) is -0.562. The number of hydrogen-bond donors (Lipinski definition) is 3. The summed E-state index contributed by atoms with van der Waals surface area (Å²) in [6.45, 7) is 0.167. The van der Waals surface area contributed by atoms with Crippen molar-refractivity contribution in [1.82, 2.24) is 9.47 Å². The van der Waals surface area contributed by atoms with Crippen LogP contribution in [0.15, 0.2) is 54.7 Å². The van der Waals surface area contributed by atoms with Crippen LogP contribution in [0.5, 0.6) is 5.75 Å². The van der Waals surface area contributed by atoms with Crippen molar-refractivity contribution < 1.29 is 32.3 Å². The average Bonchev–Trinajstić information content (AvgIpc) is 3.38. The molecule has 2 aromatic carbocycles. The van der Waals surface area contributed by atoms with Crippen molar-refractivity contribution in [3.63, 3.8) is 0 Å². The van der Waals surface area contributed by atoms with Gasteiger partial charge in [0, 0.05) is 30.6 Å². The van der Waals surface area contributed by atoms with E-state index in [0.29, 0.717) is 22.2 Å². The predicted octanol–water partition coefficient (Wildman–Crippen LogP) is 3.60. The lowest BCUT2D eigenvalue weighted by molar-refractivity contribution is -0.274. The van der Waals surface area contributed by atoms with Gasteiger partial charge in [0.1, 0.15) is 5.75 Å². The Hall–Kier alpha value is -4.06. The molecular weight excluding hydrogens is 479 g/mol. The van der Waals surface area contributed by atoms with Crippen LogP contribution in [-0.2, 0) is 11.2 Å². The number of anilines is 1. The second kappa shape index (κ2) is 9.90. The van der Waals surface area contributed by atoms with Crippen molar-refractivity contribution in [2.75, 3.05) is 11.9 Å². The number of ether oxygens (including phenoxy) is 1. The topological polar surface area (TPSA) is 133 Å². The first-order valence-electron chi connectivity index (χ1n) is 11.1. The molecule has 0 saturated carbocycles. The van der Waals surface area contributed by atoms with Crippen molar-refractivity contribution in [3.8, 4) is 5.75 Å². The number of likely N-dealkylation sites (tertiary alicyclic amines) is 1. The summed E-state index contributed by atoms with van der Waals surface area (Å²) in [7, 11) is 0. The van der Waals surface area contributed by atoms with Crippen molar-refractivity contribution >= 4 is 34.4 Å². The van der Waals surface area contributed by atoms with Gasteiger partial charge >= 0.3 is 18.4 Å². The summed E-state index contributed by atoms with van der Waals surface area (Å²) >= 11 is 0. The number of aromatic nitrogens is 1. The maximum atomic E-state index is 13.1. The lowest BCUT2D eigenvalue weighted by Crippen LogP contribution is -2.43. The molecule has 2 heterocycles. The van der Waals surface area contributed by atoms with Crippen LogP contribution in [-0.4, -0.2) is 52.3 Å². The molecule has 5 N–H and O–H groups in total. The Morgan fingerprint density at radius 3 is 2.44 bits per heavy atom. The molecule has 0 unspecified atom stereocenters. The van der Waals surface area contributed by atoms with Crippen LogP contribution in [0.2, 0.25) is 0 Å². The molecule has 0 aliphatic carbocycles. The van der Waals surface area contributed by atoms with Crippen LogP contribution >= 0.6 is 0 Å². The molecule has 1 saturated heterocycles. The number of amides is 3. The Morgan fingerprint density at radius 1 is 1.08 bits per heavy atom. The summed E-state index contributed by atoms with van der Waals surface area (Å²) in [6, 6.07) is 9.78. The molecule has 12 heteroatoms. The van der Waals surface area contributed by atoms with Crippen molar-refractivity contribution in [2.45, 2.75) is 37.7 Å². The van der Waals surface area contributed by atoms with Crippen LogP contribution in [0.3, 0.4) is 0 Å². The number of nitrogens with one attached hydrogen (secondary N) is 1. The van der Waals surface area contributed by atoms with Gasteiger partial charge in [-0.15, -0.1) is 13.2 Å². The number of Topliss-reactive ketones (excluding diaryl/α,β-unsaturated/α-hetero) is 1. The smallest absolute Gasteiger partial charge is 0.406 e. The third-order valence-electron chi connectivity index (χ3n) is 5.97. The molecule has 0 radical (unpaired) electrons. The third-order valence-corrected chi connectivity index (χ3v) is 5.97. The van der Waals surface area contributed by atoms with Crippen molar-refractivity contribution in [1.29, 1.82) is 0 Å². The highest BCUT2D eigenvalue weighted by Crippen LogP contribution is 2.28. The Kier molecular flexibility index (Phi) is 6.88. The minimum Gasteiger partial charge on any atom is -0.406 e. The molecule has 3 amide bonds. The number of halogens is 3. The molecule has 2 atom stereocenters. The molecule has 1 aliphatic rings. The van der Waals surface area contributed by atoms with Crippen LogP contribution in [0.1, 0.15) is 18.4 Å². The largest absolute Gasteiger partial charge is 0.573 e. The van der Waals surface area contributed by atoms with Crippen molar-refractivity contribution in [2.24, 2.45) is 11.5 Å².